The van der Waals surface area contributed by atoms with Gasteiger partial charge in [-0.2, -0.15) is 0 Å². The summed E-state index contributed by atoms with van der Waals surface area (Å²) in [6.45, 7) is 6.70. The lowest BCUT2D eigenvalue weighted by Gasteiger charge is -2.41. The first-order valence-corrected chi connectivity index (χ1v) is 10.9. The number of anilines is 1. The van der Waals surface area contributed by atoms with E-state index in [9.17, 15) is 9.18 Å². The molecule has 0 spiro atoms. The Kier molecular flexibility index (Phi) is 5.94. The van der Waals surface area contributed by atoms with E-state index in [0.29, 0.717) is 13.0 Å². The van der Waals surface area contributed by atoms with E-state index in [1.54, 1.807) is 12.1 Å². The van der Waals surface area contributed by atoms with Gasteiger partial charge in [-0.1, -0.05) is 29.8 Å². The second-order valence-corrected chi connectivity index (χ2v) is 8.98. The predicted octanol–water partition coefficient (Wildman–Crippen LogP) is 4.76. The average molecular weight is 411 g/mol. The molecule has 0 aromatic heterocycles. The Bertz CT molecular complexity index is 917. The maximum atomic E-state index is 13.5. The van der Waals surface area contributed by atoms with Gasteiger partial charge in [0.05, 0.1) is 12.7 Å². The topological polar surface area (TPSA) is 41.6 Å². The van der Waals surface area contributed by atoms with Gasteiger partial charge in [0.15, 0.2) is 0 Å². The maximum Gasteiger partial charge on any atom is 0.224 e. The Morgan fingerprint density at radius 2 is 1.87 bits per heavy atom. The van der Waals surface area contributed by atoms with Crippen molar-refractivity contribution in [1.82, 2.24) is 4.90 Å². The van der Waals surface area contributed by atoms with E-state index in [-0.39, 0.29) is 23.2 Å². The van der Waals surface area contributed by atoms with Gasteiger partial charge < -0.3 is 15.0 Å². The summed E-state index contributed by atoms with van der Waals surface area (Å²) in [6.07, 6.45) is 3.12. The monoisotopic (exact) mass is 410 g/mol. The van der Waals surface area contributed by atoms with Crippen LogP contribution < -0.4 is 5.32 Å². The largest absolute Gasteiger partial charge is 0.373 e. The van der Waals surface area contributed by atoms with Crippen LogP contribution in [0.4, 0.5) is 10.1 Å². The van der Waals surface area contributed by atoms with Gasteiger partial charge >= 0.3 is 0 Å². The third-order valence-corrected chi connectivity index (χ3v) is 6.73. The lowest BCUT2D eigenvalue weighted by molar-refractivity contribution is -0.116. The molecule has 160 valence electrons. The Labute approximate surface area is 178 Å². The van der Waals surface area contributed by atoms with Crippen LogP contribution in [0.5, 0.6) is 0 Å². The Hall–Kier alpha value is -2.24. The van der Waals surface area contributed by atoms with Gasteiger partial charge in [0, 0.05) is 23.1 Å². The molecule has 30 heavy (non-hydrogen) atoms. The fraction of sp³-hybridized carbons (Fsp3) is 0.480. The van der Waals surface area contributed by atoms with E-state index < -0.39 is 0 Å². The number of hydrogen-bond acceptors (Lipinski definition) is 3. The van der Waals surface area contributed by atoms with Crippen LogP contribution in [-0.4, -0.2) is 37.6 Å². The van der Waals surface area contributed by atoms with Crippen molar-refractivity contribution in [3.63, 3.8) is 0 Å². The number of ether oxygens (including phenoxy) is 1. The number of rotatable bonds is 5. The number of nitrogens with one attached hydrogen (secondary N) is 1. The van der Waals surface area contributed by atoms with Crippen molar-refractivity contribution in [2.24, 2.45) is 0 Å². The number of amides is 1. The summed E-state index contributed by atoms with van der Waals surface area (Å²) in [5, 5.41) is 3.06. The van der Waals surface area contributed by atoms with Crippen molar-refractivity contribution in [2.45, 2.75) is 51.0 Å². The maximum absolute atomic E-state index is 13.5. The predicted molar refractivity (Wildman–Crippen MR) is 117 cm³/mol. The zero-order valence-corrected chi connectivity index (χ0v) is 18.1. The summed E-state index contributed by atoms with van der Waals surface area (Å²) in [6, 6.07) is 11.2. The van der Waals surface area contributed by atoms with E-state index in [2.05, 4.69) is 43.2 Å². The van der Waals surface area contributed by atoms with Crippen molar-refractivity contribution in [3.05, 3.63) is 64.5 Å². The molecule has 0 radical (unpaired) electrons. The molecule has 0 aliphatic carbocycles. The molecule has 0 saturated carbocycles. The van der Waals surface area contributed by atoms with Gasteiger partial charge in [0.1, 0.15) is 5.82 Å². The van der Waals surface area contributed by atoms with Gasteiger partial charge in [-0.25, -0.2) is 4.39 Å². The standard InChI is InChI=1S/C25H31FN2O2/c1-17-14-19-4-9-23(29)27-24(19)22(15-17)18(2)30-16-25(10-12-28(3)13-11-25)20-5-7-21(26)8-6-20/h5-8,14-15,18H,4,9-13,16H2,1-3H3,(H,27,29). The Balaban J connectivity index is 1.58. The van der Waals surface area contributed by atoms with Crippen LogP contribution in [-0.2, 0) is 21.4 Å². The van der Waals surface area contributed by atoms with Crippen molar-refractivity contribution < 1.29 is 13.9 Å². The molecule has 1 fully saturated rings. The summed E-state index contributed by atoms with van der Waals surface area (Å²) in [5.41, 5.74) is 5.35. The zero-order chi connectivity index (χ0) is 21.3. The van der Waals surface area contributed by atoms with Crippen LogP contribution >= 0.6 is 0 Å². The van der Waals surface area contributed by atoms with Crippen LogP contribution in [0.2, 0.25) is 0 Å². The Morgan fingerprint density at radius 3 is 2.57 bits per heavy atom. The van der Waals surface area contributed by atoms with E-state index in [0.717, 1.165) is 49.2 Å². The molecule has 2 aliphatic heterocycles. The Morgan fingerprint density at radius 1 is 1.17 bits per heavy atom. The van der Waals surface area contributed by atoms with Crippen LogP contribution in [0.3, 0.4) is 0 Å². The third-order valence-electron chi connectivity index (χ3n) is 6.73. The van der Waals surface area contributed by atoms with Crippen LogP contribution in [0.25, 0.3) is 0 Å². The lowest BCUT2D eigenvalue weighted by atomic mass is 9.73. The summed E-state index contributed by atoms with van der Waals surface area (Å²) in [7, 11) is 2.14. The van der Waals surface area contributed by atoms with Gasteiger partial charge in [0.2, 0.25) is 5.91 Å². The van der Waals surface area contributed by atoms with E-state index in [1.165, 1.54) is 11.1 Å². The number of carbonyl (C=O) groups excluding carboxylic acids is 1. The highest BCUT2D eigenvalue weighted by atomic mass is 19.1. The number of piperidine rings is 1. The minimum absolute atomic E-state index is 0.0675. The molecule has 1 saturated heterocycles. The molecule has 1 N–H and O–H groups in total. The lowest BCUT2D eigenvalue weighted by Crippen LogP contribution is -2.44. The first kappa shape index (κ1) is 21.0. The molecule has 2 aromatic rings. The number of halogens is 1. The summed E-state index contributed by atoms with van der Waals surface area (Å²) < 4.78 is 20.0. The SMILES string of the molecule is Cc1cc2c(c(C(C)OCC3(c4ccc(F)cc4)CCN(C)CC3)c1)NC(=O)CC2. The second-order valence-electron chi connectivity index (χ2n) is 8.98. The molecular formula is C25H31FN2O2. The highest BCUT2D eigenvalue weighted by Crippen LogP contribution is 2.39. The van der Waals surface area contributed by atoms with Gasteiger partial charge in [0.25, 0.3) is 0 Å². The molecule has 2 aromatic carbocycles. The van der Waals surface area contributed by atoms with Crippen LogP contribution in [0, 0.1) is 12.7 Å². The average Bonchev–Trinajstić information content (AvgIpc) is 2.74. The molecule has 4 rings (SSSR count). The van der Waals surface area contributed by atoms with E-state index in [1.807, 2.05) is 12.1 Å². The molecule has 1 amide bonds. The minimum atomic E-state index is -0.210. The van der Waals surface area contributed by atoms with E-state index >= 15 is 0 Å². The van der Waals surface area contributed by atoms with E-state index in [4.69, 9.17) is 4.74 Å². The summed E-state index contributed by atoms with van der Waals surface area (Å²) >= 11 is 0. The molecule has 4 nitrogen and oxygen atoms in total. The summed E-state index contributed by atoms with van der Waals surface area (Å²) in [5.74, 6) is -0.142. The van der Waals surface area contributed by atoms with Crippen molar-refractivity contribution in [3.8, 4) is 0 Å². The second kappa shape index (κ2) is 8.48. The van der Waals surface area contributed by atoms with Crippen LogP contribution in [0.15, 0.2) is 36.4 Å². The fourth-order valence-corrected chi connectivity index (χ4v) is 4.75. The van der Waals surface area contributed by atoms with Crippen LogP contribution in [0.1, 0.15) is 54.5 Å². The van der Waals surface area contributed by atoms with Crippen molar-refractivity contribution in [2.75, 3.05) is 32.1 Å². The molecular weight excluding hydrogens is 379 g/mol. The number of benzene rings is 2. The molecule has 2 heterocycles. The smallest absolute Gasteiger partial charge is 0.224 e. The first-order valence-electron chi connectivity index (χ1n) is 10.9. The number of likely N-dealkylation sites (tertiary alicyclic amines) is 1. The minimum Gasteiger partial charge on any atom is -0.373 e. The third kappa shape index (κ3) is 4.28. The first-order chi connectivity index (χ1) is 14.4. The molecule has 2 aliphatic rings. The molecule has 5 heteroatoms. The number of hydrogen-bond donors (Lipinski definition) is 1. The van der Waals surface area contributed by atoms with Gasteiger partial charge in [-0.05, 0) is 76.5 Å². The zero-order valence-electron chi connectivity index (χ0n) is 18.1. The number of nitrogens with zero attached hydrogens (tertiary/aromatic N) is 1. The number of carbonyl (C=O) groups is 1. The highest BCUT2D eigenvalue weighted by molar-refractivity contribution is 5.95. The van der Waals surface area contributed by atoms with Gasteiger partial charge in [-0.15, -0.1) is 0 Å². The quantitative estimate of drug-likeness (QED) is 0.773. The number of aryl methyl sites for hydroxylation is 2. The molecule has 1 atom stereocenters. The molecule has 0 bridgehead atoms. The summed E-state index contributed by atoms with van der Waals surface area (Å²) in [4.78, 5) is 14.3. The fourth-order valence-electron chi connectivity index (χ4n) is 4.75. The highest BCUT2D eigenvalue weighted by Gasteiger charge is 2.36. The van der Waals surface area contributed by atoms with Crippen molar-refractivity contribution >= 4 is 11.6 Å². The van der Waals surface area contributed by atoms with Crippen molar-refractivity contribution in [1.29, 1.82) is 0 Å². The number of fused-ring (bicyclic) bond motifs is 1. The normalized spacial score (nSPS) is 19.8. The van der Waals surface area contributed by atoms with Gasteiger partial charge in [-0.3, -0.25) is 4.79 Å². The molecule has 1 unspecified atom stereocenters.